The zero-order valence-corrected chi connectivity index (χ0v) is 10.6. The Bertz CT molecular complexity index is 133. The second-order valence-electron chi connectivity index (χ2n) is 4.72. The molecule has 0 amide bonds. The van der Waals surface area contributed by atoms with Gasteiger partial charge in [-0.1, -0.05) is 12.8 Å². The highest BCUT2D eigenvalue weighted by Gasteiger charge is 2.26. The third-order valence-corrected chi connectivity index (χ3v) is 3.44. The molecular weight excluding hydrogens is 200 g/mol. The largest absolute Gasteiger partial charge is 0.330 e. The smallest absolute Gasteiger partial charge is 0.00720 e. The summed E-state index contributed by atoms with van der Waals surface area (Å²) in [5.41, 5.74) is 22.9. The molecule has 0 rings (SSSR count). The van der Waals surface area contributed by atoms with E-state index in [-0.39, 0.29) is 5.41 Å². The maximum absolute atomic E-state index is 5.70. The monoisotopic (exact) mass is 230 g/mol. The van der Waals surface area contributed by atoms with Crippen molar-refractivity contribution in [3.63, 3.8) is 0 Å². The van der Waals surface area contributed by atoms with Crippen molar-refractivity contribution in [2.45, 2.75) is 44.9 Å². The lowest BCUT2D eigenvalue weighted by molar-refractivity contribution is 0.203. The summed E-state index contributed by atoms with van der Waals surface area (Å²) in [6.45, 7) is 2.99. The van der Waals surface area contributed by atoms with Gasteiger partial charge in [-0.05, 0) is 63.7 Å². The van der Waals surface area contributed by atoms with E-state index in [2.05, 4.69) is 0 Å². The van der Waals surface area contributed by atoms with Crippen LogP contribution >= 0.6 is 0 Å². The van der Waals surface area contributed by atoms with Gasteiger partial charge in [-0.25, -0.2) is 0 Å². The molecule has 8 N–H and O–H groups in total. The van der Waals surface area contributed by atoms with Gasteiger partial charge in [0.05, 0.1) is 0 Å². The van der Waals surface area contributed by atoms with Crippen LogP contribution < -0.4 is 22.9 Å². The van der Waals surface area contributed by atoms with Gasteiger partial charge in [0.25, 0.3) is 0 Å². The number of hydrogen-bond acceptors (Lipinski definition) is 4. The summed E-state index contributed by atoms with van der Waals surface area (Å²) in [4.78, 5) is 0. The summed E-state index contributed by atoms with van der Waals surface area (Å²) in [7, 11) is 0. The van der Waals surface area contributed by atoms with E-state index in [0.717, 1.165) is 51.9 Å². The lowest BCUT2D eigenvalue weighted by atomic mass is 9.74. The van der Waals surface area contributed by atoms with Crippen LogP contribution in [0.25, 0.3) is 0 Å². The molecule has 4 heteroatoms. The fourth-order valence-electron chi connectivity index (χ4n) is 2.49. The topological polar surface area (TPSA) is 104 Å². The van der Waals surface area contributed by atoms with Crippen LogP contribution in [0.1, 0.15) is 44.9 Å². The SMILES string of the molecule is NCCCCCC(CCN)(CCN)CCN. The minimum absolute atomic E-state index is 0.285. The van der Waals surface area contributed by atoms with Gasteiger partial charge < -0.3 is 22.9 Å². The Balaban J connectivity index is 4.12. The summed E-state index contributed by atoms with van der Waals surface area (Å²) in [5.74, 6) is 0. The van der Waals surface area contributed by atoms with Gasteiger partial charge >= 0.3 is 0 Å². The van der Waals surface area contributed by atoms with Crippen molar-refractivity contribution in [2.24, 2.45) is 28.3 Å². The molecule has 0 aromatic carbocycles. The summed E-state index contributed by atoms with van der Waals surface area (Å²) < 4.78 is 0. The number of hydrogen-bond donors (Lipinski definition) is 4. The molecule has 0 aromatic heterocycles. The van der Waals surface area contributed by atoms with E-state index in [9.17, 15) is 0 Å². The van der Waals surface area contributed by atoms with Crippen molar-refractivity contribution in [3.05, 3.63) is 0 Å². The second-order valence-corrected chi connectivity index (χ2v) is 4.72. The minimum Gasteiger partial charge on any atom is -0.330 e. The molecule has 0 aliphatic carbocycles. The summed E-state index contributed by atoms with van der Waals surface area (Å²) in [5, 5.41) is 0. The van der Waals surface area contributed by atoms with Crippen LogP contribution in [0.2, 0.25) is 0 Å². The Kier molecular flexibility index (Phi) is 9.92. The Labute approximate surface area is 100 Å². The van der Waals surface area contributed by atoms with Crippen molar-refractivity contribution >= 4 is 0 Å². The second kappa shape index (κ2) is 10.0. The summed E-state index contributed by atoms with van der Waals surface area (Å²) >= 11 is 0. The lowest BCUT2D eigenvalue weighted by Gasteiger charge is -2.33. The molecule has 0 aromatic rings. The fourth-order valence-corrected chi connectivity index (χ4v) is 2.49. The molecule has 4 nitrogen and oxygen atoms in total. The highest BCUT2D eigenvalue weighted by molar-refractivity contribution is 4.80. The highest BCUT2D eigenvalue weighted by atomic mass is 14.6. The van der Waals surface area contributed by atoms with E-state index in [0.29, 0.717) is 0 Å². The molecule has 16 heavy (non-hydrogen) atoms. The normalized spacial score (nSPS) is 12.0. The van der Waals surface area contributed by atoms with Crippen LogP contribution in [0.4, 0.5) is 0 Å². The molecule has 0 bridgehead atoms. The van der Waals surface area contributed by atoms with Gasteiger partial charge in [-0.2, -0.15) is 0 Å². The molecule has 0 atom stereocenters. The third kappa shape index (κ3) is 6.43. The molecule has 0 aliphatic rings. The number of rotatable bonds is 11. The Morgan fingerprint density at radius 2 is 1.00 bits per heavy atom. The van der Waals surface area contributed by atoms with Crippen molar-refractivity contribution in [1.82, 2.24) is 0 Å². The predicted molar refractivity (Wildman–Crippen MR) is 71.0 cm³/mol. The summed E-state index contributed by atoms with van der Waals surface area (Å²) in [6, 6.07) is 0. The van der Waals surface area contributed by atoms with Crippen LogP contribution in [-0.2, 0) is 0 Å². The van der Waals surface area contributed by atoms with Gasteiger partial charge in [0, 0.05) is 0 Å². The first-order valence-electron chi connectivity index (χ1n) is 6.55. The van der Waals surface area contributed by atoms with Crippen molar-refractivity contribution in [3.8, 4) is 0 Å². The third-order valence-electron chi connectivity index (χ3n) is 3.44. The zero-order chi connectivity index (χ0) is 12.3. The maximum Gasteiger partial charge on any atom is -0.00720 e. The van der Waals surface area contributed by atoms with Crippen LogP contribution in [0.3, 0.4) is 0 Å². The zero-order valence-electron chi connectivity index (χ0n) is 10.6. The van der Waals surface area contributed by atoms with Gasteiger partial charge in [-0.15, -0.1) is 0 Å². The highest BCUT2D eigenvalue weighted by Crippen LogP contribution is 2.35. The van der Waals surface area contributed by atoms with E-state index >= 15 is 0 Å². The molecular formula is C12H30N4. The van der Waals surface area contributed by atoms with E-state index < -0.39 is 0 Å². The van der Waals surface area contributed by atoms with Crippen molar-refractivity contribution in [1.29, 1.82) is 0 Å². The van der Waals surface area contributed by atoms with Gasteiger partial charge in [0.1, 0.15) is 0 Å². The average molecular weight is 230 g/mol. The molecule has 0 heterocycles. The van der Waals surface area contributed by atoms with Gasteiger partial charge in [0.2, 0.25) is 0 Å². The molecule has 98 valence electrons. The van der Waals surface area contributed by atoms with Gasteiger partial charge in [-0.3, -0.25) is 0 Å². The molecule has 0 radical (unpaired) electrons. The van der Waals surface area contributed by atoms with Gasteiger partial charge in [0.15, 0.2) is 0 Å². The predicted octanol–water partition coefficient (Wildman–Crippen LogP) is 0.538. The lowest BCUT2D eigenvalue weighted by Crippen LogP contribution is -2.30. The molecule has 0 unspecified atom stereocenters. The average Bonchev–Trinajstić information content (AvgIpc) is 2.26. The first-order chi connectivity index (χ1) is 7.74. The van der Waals surface area contributed by atoms with E-state index in [4.69, 9.17) is 22.9 Å². The molecule has 0 aliphatic heterocycles. The Morgan fingerprint density at radius 3 is 1.38 bits per heavy atom. The first kappa shape index (κ1) is 15.8. The molecule has 0 fully saturated rings. The van der Waals surface area contributed by atoms with E-state index in [1.165, 1.54) is 19.3 Å². The van der Waals surface area contributed by atoms with Crippen LogP contribution in [0.5, 0.6) is 0 Å². The molecule has 0 spiro atoms. The molecule has 0 saturated carbocycles. The van der Waals surface area contributed by atoms with Crippen molar-refractivity contribution < 1.29 is 0 Å². The quantitative estimate of drug-likeness (QED) is 0.389. The van der Waals surface area contributed by atoms with Crippen LogP contribution in [-0.4, -0.2) is 26.2 Å². The summed E-state index contributed by atoms with van der Waals surface area (Å²) in [6.07, 6.45) is 7.87. The fraction of sp³-hybridized carbons (Fsp3) is 1.00. The van der Waals surface area contributed by atoms with E-state index in [1.807, 2.05) is 0 Å². The standard InChI is InChI=1S/C12H30N4/c13-8-3-1-2-4-12(5-9-14,6-10-15)7-11-16/h1-11,13-16H2. The molecule has 0 saturated heterocycles. The number of nitrogens with two attached hydrogens (primary N) is 4. The maximum atomic E-state index is 5.70. The first-order valence-corrected chi connectivity index (χ1v) is 6.55. The van der Waals surface area contributed by atoms with Crippen LogP contribution in [0.15, 0.2) is 0 Å². The van der Waals surface area contributed by atoms with E-state index in [1.54, 1.807) is 0 Å². The van der Waals surface area contributed by atoms with Crippen LogP contribution in [0, 0.1) is 5.41 Å². The Hall–Kier alpha value is -0.160. The number of unbranched alkanes of at least 4 members (excludes halogenated alkanes) is 2. The van der Waals surface area contributed by atoms with Crippen molar-refractivity contribution in [2.75, 3.05) is 26.2 Å². The minimum atomic E-state index is 0.285. The Morgan fingerprint density at radius 1 is 0.500 bits per heavy atom.